The average molecular weight is 605 g/mol. The van der Waals surface area contributed by atoms with E-state index in [1.54, 1.807) is 36.3 Å². The maximum Gasteiger partial charge on any atom is 0.229 e. The van der Waals surface area contributed by atoms with Crippen molar-refractivity contribution in [2.24, 2.45) is 0 Å². The number of thiazole rings is 1. The van der Waals surface area contributed by atoms with Crippen LogP contribution in [0.1, 0.15) is 12.8 Å². The molecule has 0 aliphatic carbocycles. The van der Waals surface area contributed by atoms with E-state index in [-0.39, 0.29) is 35.4 Å². The molecule has 4 rings (SSSR count). The smallest absolute Gasteiger partial charge is 0.229 e. The Labute approximate surface area is 238 Å². The summed E-state index contributed by atoms with van der Waals surface area (Å²) >= 11 is 7.70. The number of benzene rings is 2. The van der Waals surface area contributed by atoms with Crippen LogP contribution >= 0.6 is 35.3 Å². The number of carbonyl (C=O) groups excluding carboxylic acids is 1. The summed E-state index contributed by atoms with van der Waals surface area (Å²) in [7, 11) is -0.592. The van der Waals surface area contributed by atoms with Gasteiger partial charge in [-0.15, -0.1) is 12.4 Å². The van der Waals surface area contributed by atoms with Crippen molar-refractivity contribution in [3.63, 3.8) is 0 Å². The minimum atomic E-state index is -3.66. The summed E-state index contributed by atoms with van der Waals surface area (Å²) in [4.78, 5) is 22.1. The summed E-state index contributed by atoms with van der Waals surface area (Å²) in [6, 6.07) is 9.62. The van der Waals surface area contributed by atoms with E-state index in [9.17, 15) is 13.2 Å². The Hall–Kier alpha value is -2.15. The number of aromatic nitrogens is 1. The summed E-state index contributed by atoms with van der Waals surface area (Å²) in [5, 5.41) is 0.984. The Kier molecular flexibility index (Phi) is 11.0. The molecule has 38 heavy (non-hydrogen) atoms. The molecule has 1 aliphatic rings. The fraction of sp³-hybridized carbons (Fsp3) is 0.440. The third-order valence-corrected chi connectivity index (χ3v) is 9.43. The molecular formula is C25H31Cl2N3O6S2. The van der Waals surface area contributed by atoms with E-state index in [2.05, 4.69) is 9.88 Å². The van der Waals surface area contributed by atoms with Gasteiger partial charge in [0.1, 0.15) is 17.0 Å². The van der Waals surface area contributed by atoms with Gasteiger partial charge in [0.25, 0.3) is 0 Å². The molecule has 0 saturated carbocycles. The Balaban J connectivity index is 0.00000400. The molecule has 9 nitrogen and oxygen atoms in total. The van der Waals surface area contributed by atoms with Gasteiger partial charge in [-0.1, -0.05) is 22.9 Å². The van der Waals surface area contributed by atoms with Crippen molar-refractivity contribution in [2.75, 3.05) is 64.3 Å². The van der Waals surface area contributed by atoms with Crippen molar-refractivity contribution in [1.29, 1.82) is 0 Å². The molecule has 2 heterocycles. The lowest BCUT2D eigenvalue weighted by Gasteiger charge is -2.27. The SMILES string of the molecule is COc1ccc(S(=O)(=O)CCC(=O)N(CCCN2CCOCC2)c2nc3c(OC)ccc(Cl)c3s2)cc1.Cl. The van der Waals surface area contributed by atoms with Crippen molar-refractivity contribution in [2.45, 2.75) is 17.7 Å². The van der Waals surface area contributed by atoms with Gasteiger partial charge in [-0.25, -0.2) is 13.4 Å². The highest BCUT2D eigenvalue weighted by molar-refractivity contribution is 7.91. The molecular weight excluding hydrogens is 573 g/mol. The van der Waals surface area contributed by atoms with Crippen LogP contribution in [0.3, 0.4) is 0 Å². The third kappa shape index (κ3) is 7.28. The maximum absolute atomic E-state index is 13.4. The number of nitrogens with zero attached hydrogens (tertiary/aromatic N) is 3. The molecule has 3 aromatic rings. The lowest BCUT2D eigenvalue weighted by atomic mass is 10.3. The maximum atomic E-state index is 13.4. The van der Waals surface area contributed by atoms with E-state index in [0.717, 1.165) is 19.6 Å². The molecule has 13 heteroatoms. The van der Waals surface area contributed by atoms with Crippen molar-refractivity contribution in [3.05, 3.63) is 41.4 Å². The molecule has 2 aromatic carbocycles. The Morgan fingerprint density at radius 1 is 1.13 bits per heavy atom. The first-order chi connectivity index (χ1) is 17.8. The Bertz CT molecular complexity index is 1330. The predicted octanol–water partition coefficient (Wildman–Crippen LogP) is 4.31. The van der Waals surface area contributed by atoms with Crippen LogP contribution in [0.4, 0.5) is 5.13 Å². The van der Waals surface area contributed by atoms with Crippen LogP contribution < -0.4 is 14.4 Å². The molecule has 0 spiro atoms. The third-order valence-electron chi connectivity index (χ3n) is 6.16. The van der Waals surface area contributed by atoms with Gasteiger partial charge in [-0.3, -0.25) is 14.6 Å². The zero-order chi connectivity index (χ0) is 26.4. The minimum absolute atomic E-state index is 0. The number of carbonyl (C=O) groups is 1. The summed E-state index contributed by atoms with van der Waals surface area (Å²) in [6.07, 6.45) is 0.532. The number of rotatable bonds is 11. The topological polar surface area (TPSA) is 98.3 Å². The fourth-order valence-electron chi connectivity index (χ4n) is 4.08. The molecule has 1 aliphatic heterocycles. The van der Waals surface area contributed by atoms with Crippen molar-refractivity contribution in [1.82, 2.24) is 9.88 Å². The molecule has 208 valence electrons. The lowest BCUT2D eigenvalue weighted by Crippen LogP contribution is -2.39. The molecule has 1 aromatic heterocycles. The quantitative estimate of drug-likeness (QED) is 0.320. The second-order valence-corrected chi connectivity index (χ2v) is 12.0. The van der Waals surface area contributed by atoms with Gasteiger partial charge in [-0.05, 0) is 42.8 Å². The molecule has 1 fully saturated rings. The number of ether oxygens (including phenoxy) is 3. The Morgan fingerprint density at radius 2 is 1.84 bits per heavy atom. The first-order valence-electron chi connectivity index (χ1n) is 11.9. The normalized spacial score (nSPS) is 14.2. The number of halogens is 2. The number of fused-ring (bicyclic) bond motifs is 1. The first-order valence-corrected chi connectivity index (χ1v) is 14.8. The predicted molar refractivity (Wildman–Crippen MR) is 152 cm³/mol. The summed E-state index contributed by atoms with van der Waals surface area (Å²) in [5.41, 5.74) is 0.576. The fourth-order valence-corrected chi connectivity index (χ4v) is 6.61. The van der Waals surface area contributed by atoms with Gasteiger partial charge in [0, 0.05) is 32.6 Å². The van der Waals surface area contributed by atoms with Gasteiger partial charge in [0.05, 0.1) is 47.8 Å². The zero-order valence-electron chi connectivity index (χ0n) is 21.2. The number of amides is 1. The van der Waals surface area contributed by atoms with E-state index < -0.39 is 9.84 Å². The second-order valence-electron chi connectivity index (χ2n) is 8.52. The van der Waals surface area contributed by atoms with Gasteiger partial charge in [0.15, 0.2) is 15.0 Å². The van der Waals surface area contributed by atoms with E-state index in [4.69, 9.17) is 25.8 Å². The number of sulfone groups is 1. The van der Waals surface area contributed by atoms with E-state index in [0.29, 0.717) is 58.0 Å². The molecule has 1 amide bonds. The van der Waals surface area contributed by atoms with E-state index >= 15 is 0 Å². The van der Waals surface area contributed by atoms with E-state index in [1.807, 2.05) is 0 Å². The molecule has 0 unspecified atom stereocenters. The highest BCUT2D eigenvalue weighted by atomic mass is 35.5. The molecule has 0 N–H and O–H groups in total. The number of anilines is 1. The largest absolute Gasteiger partial charge is 0.497 e. The number of morpholine rings is 1. The summed E-state index contributed by atoms with van der Waals surface area (Å²) in [5.74, 6) is 0.497. The van der Waals surface area contributed by atoms with Crippen LogP contribution in [0.2, 0.25) is 5.02 Å². The van der Waals surface area contributed by atoms with Crippen molar-refractivity contribution >= 4 is 66.4 Å². The van der Waals surface area contributed by atoms with Crippen LogP contribution in [-0.4, -0.2) is 83.6 Å². The van der Waals surface area contributed by atoms with Gasteiger partial charge < -0.3 is 14.2 Å². The summed E-state index contributed by atoms with van der Waals surface area (Å²) < 4.78 is 42.5. The van der Waals surface area contributed by atoms with Crippen LogP contribution in [0.15, 0.2) is 41.3 Å². The minimum Gasteiger partial charge on any atom is -0.497 e. The molecule has 0 atom stereocenters. The molecule has 0 radical (unpaired) electrons. The monoisotopic (exact) mass is 603 g/mol. The van der Waals surface area contributed by atoms with Gasteiger partial charge >= 0.3 is 0 Å². The average Bonchev–Trinajstić information content (AvgIpc) is 3.37. The van der Waals surface area contributed by atoms with Gasteiger partial charge in [0.2, 0.25) is 5.91 Å². The second kappa shape index (κ2) is 13.8. The molecule has 1 saturated heterocycles. The lowest BCUT2D eigenvalue weighted by molar-refractivity contribution is -0.118. The summed E-state index contributed by atoms with van der Waals surface area (Å²) in [6.45, 7) is 4.29. The zero-order valence-corrected chi connectivity index (χ0v) is 24.4. The van der Waals surface area contributed by atoms with Crippen molar-refractivity contribution < 1.29 is 27.4 Å². The first kappa shape index (κ1) is 30.4. The van der Waals surface area contributed by atoms with Gasteiger partial charge in [-0.2, -0.15) is 0 Å². The highest BCUT2D eigenvalue weighted by Crippen LogP contribution is 2.39. The van der Waals surface area contributed by atoms with E-state index in [1.165, 1.54) is 30.6 Å². The van der Waals surface area contributed by atoms with Crippen LogP contribution in [0.25, 0.3) is 10.2 Å². The number of methoxy groups -OCH3 is 2. The Morgan fingerprint density at radius 3 is 2.50 bits per heavy atom. The highest BCUT2D eigenvalue weighted by Gasteiger charge is 2.25. The van der Waals surface area contributed by atoms with Crippen molar-refractivity contribution in [3.8, 4) is 11.5 Å². The number of hydrogen-bond donors (Lipinski definition) is 0. The van der Waals surface area contributed by atoms with Crippen LogP contribution in [0.5, 0.6) is 11.5 Å². The van der Waals surface area contributed by atoms with Crippen LogP contribution in [-0.2, 0) is 19.4 Å². The standard InChI is InChI=1S/C25H30ClN3O6S2.ClH/c1-33-18-4-6-19(7-5-18)37(31,32)17-10-22(30)29(12-3-11-28-13-15-35-16-14-28)25-27-23-21(34-2)9-8-20(26)24(23)36-25;/h4-9H,3,10-17H2,1-2H3;1H. The van der Waals surface area contributed by atoms with Crippen LogP contribution in [0, 0.1) is 0 Å². The number of hydrogen-bond acceptors (Lipinski definition) is 9. The molecule has 0 bridgehead atoms.